The minimum absolute atomic E-state index is 0.558. The van der Waals surface area contributed by atoms with Crippen LogP contribution in [0.4, 0.5) is 4.39 Å². The molecule has 0 spiro atoms. The summed E-state index contributed by atoms with van der Waals surface area (Å²) in [7, 11) is 0. The van der Waals surface area contributed by atoms with Crippen LogP contribution >= 0.6 is 0 Å². The highest BCUT2D eigenvalue weighted by molar-refractivity contribution is 5.49. The first-order valence-corrected chi connectivity index (χ1v) is 7.20. The van der Waals surface area contributed by atoms with E-state index in [0.29, 0.717) is 5.92 Å². The lowest BCUT2D eigenvalue weighted by molar-refractivity contribution is 0.235. The summed E-state index contributed by atoms with van der Waals surface area (Å²) in [6.07, 6.45) is 9.68. The van der Waals surface area contributed by atoms with Crippen LogP contribution in [0.3, 0.4) is 0 Å². The minimum Gasteiger partial charge on any atom is -0.247 e. The van der Waals surface area contributed by atoms with Crippen LogP contribution in [-0.4, -0.2) is 6.17 Å². The summed E-state index contributed by atoms with van der Waals surface area (Å²) in [4.78, 5) is 0. The summed E-state index contributed by atoms with van der Waals surface area (Å²) in [6.45, 7) is 2.19. The average molecular weight is 246 g/mol. The van der Waals surface area contributed by atoms with Gasteiger partial charge in [0.1, 0.15) is 6.17 Å². The van der Waals surface area contributed by atoms with Crippen LogP contribution in [0.15, 0.2) is 30.3 Å². The van der Waals surface area contributed by atoms with Crippen LogP contribution in [0.2, 0.25) is 0 Å². The summed E-state index contributed by atoms with van der Waals surface area (Å²) in [5, 5.41) is 0. The second-order valence-corrected chi connectivity index (χ2v) is 5.31. The molecular weight excluding hydrogens is 223 g/mol. The van der Waals surface area contributed by atoms with Crippen molar-refractivity contribution < 1.29 is 4.39 Å². The zero-order chi connectivity index (χ0) is 12.8. The van der Waals surface area contributed by atoms with Crippen molar-refractivity contribution in [3.63, 3.8) is 0 Å². The number of hydrogen-bond donors (Lipinski definition) is 0. The summed E-state index contributed by atoms with van der Waals surface area (Å²) < 4.78 is 13.1. The molecule has 1 aliphatic carbocycles. The number of unbranched alkanes of at least 4 members (excludes halogenated alkanes) is 1. The number of hydrogen-bond acceptors (Lipinski definition) is 0. The maximum absolute atomic E-state index is 13.1. The van der Waals surface area contributed by atoms with Gasteiger partial charge in [0.2, 0.25) is 0 Å². The Hall–Kier alpha value is -1.11. The number of halogens is 1. The Morgan fingerprint density at radius 3 is 2.39 bits per heavy atom. The van der Waals surface area contributed by atoms with Crippen molar-refractivity contribution in [2.45, 2.75) is 57.5 Å². The van der Waals surface area contributed by atoms with E-state index in [9.17, 15) is 4.39 Å². The van der Waals surface area contributed by atoms with Gasteiger partial charge in [0, 0.05) is 0 Å². The van der Waals surface area contributed by atoms with Gasteiger partial charge in [0.15, 0.2) is 0 Å². The van der Waals surface area contributed by atoms with Crippen molar-refractivity contribution in [1.29, 1.82) is 0 Å². The third kappa shape index (κ3) is 3.69. The van der Waals surface area contributed by atoms with Crippen molar-refractivity contribution >= 4 is 6.08 Å². The molecule has 0 atom stereocenters. The van der Waals surface area contributed by atoms with Gasteiger partial charge in [-0.1, -0.05) is 49.8 Å². The molecule has 0 N–H and O–H groups in total. The largest absolute Gasteiger partial charge is 0.247 e. The first kappa shape index (κ1) is 13.3. The molecule has 1 aliphatic rings. The second kappa shape index (κ2) is 6.72. The molecule has 1 heteroatoms. The normalized spacial score (nSPS) is 24.6. The fraction of sp³-hybridized carbons (Fsp3) is 0.529. The lowest BCUT2D eigenvalue weighted by Crippen LogP contribution is -2.13. The van der Waals surface area contributed by atoms with Crippen LogP contribution in [0.25, 0.3) is 6.08 Å². The molecule has 0 aromatic heterocycles. The van der Waals surface area contributed by atoms with E-state index in [4.69, 9.17) is 0 Å². The Balaban J connectivity index is 1.95. The minimum atomic E-state index is -0.558. The summed E-state index contributed by atoms with van der Waals surface area (Å²) in [6, 6.07) is 8.80. The highest BCUT2D eigenvalue weighted by atomic mass is 19.1. The third-order valence-electron chi connectivity index (χ3n) is 3.83. The van der Waals surface area contributed by atoms with Crippen molar-refractivity contribution in [3.8, 4) is 0 Å². The molecule has 0 saturated heterocycles. The van der Waals surface area contributed by atoms with Gasteiger partial charge in [-0.25, -0.2) is 4.39 Å². The fourth-order valence-corrected chi connectivity index (χ4v) is 2.65. The van der Waals surface area contributed by atoms with Crippen LogP contribution in [-0.2, 0) is 0 Å². The lowest BCUT2D eigenvalue weighted by atomic mass is 9.83. The van der Waals surface area contributed by atoms with Crippen molar-refractivity contribution in [1.82, 2.24) is 0 Å². The van der Waals surface area contributed by atoms with Crippen LogP contribution < -0.4 is 0 Å². The Bertz CT molecular complexity index is 369. The molecule has 0 bridgehead atoms. The Morgan fingerprint density at radius 1 is 1.11 bits per heavy atom. The lowest BCUT2D eigenvalue weighted by Gasteiger charge is -2.24. The van der Waals surface area contributed by atoms with Crippen LogP contribution in [0, 0.1) is 0 Å². The first-order chi connectivity index (χ1) is 8.79. The highest BCUT2D eigenvalue weighted by Crippen LogP contribution is 2.34. The number of benzene rings is 1. The molecule has 2 rings (SSSR count). The summed E-state index contributed by atoms with van der Waals surface area (Å²) in [5.41, 5.74) is 2.65. The number of allylic oxidation sites excluding steroid dienone is 1. The van der Waals surface area contributed by atoms with Gasteiger partial charge in [-0.15, -0.1) is 0 Å². The molecule has 0 amide bonds. The molecule has 0 unspecified atom stereocenters. The van der Waals surface area contributed by atoms with E-state index in [1.54, 1.807) is 0 Å². The molecule has 98 valence electrons. The van der Waals surface area contributed by atoms with E-state index in [-0.39, 0.29) is 0 Å². The molecule has 0 nitrogen and oxygen atoms in total. The van der Waals surface area contributed by atoms with Crippen molar-refractivity contribution in [2.75, 3.05) is 0 Å². The predicted octanol–water partition coefficient (Wildman–Crippen LogP) is 5.50. The fourth-order valence-electron chi connectivity index (χ4n) is 2.65. The van der Waals surface area contributed by atoms with Gasteiger partial charge in [-0.3, -0.25) is 0 Å². The van der Waals surface area contributed by atoms with Gasteiger partial charge < -0.3 is 0 Å². The Morgan fingerprint density at radius 2 is 1.78 bits per heavy atom. The molecule has 0 aliphatic heterocycles. The van der Waals surface area contributed by atoms with Crippen molar-refractivity contribution in [2.24, 2.45) is 0 Å². The Kier molecular flexibility index (Phi) is 4.98. The third-order valence-corrected chi connectivity index (χ3v) is 3.83. The van der Waals surface area contributed by atoms with Crippen LogP contribution in [0.5, 0.6) is 0 Å². The molecule has 1 fully saturated rings. The van der Waals surface area contributed by atoms with Gasteiger partial charge in [0.25, 0.3) is 0 Å². The SMILES string of the molecule is CCCC=Cc1ccc(C2CCC(F)CC2)cc1. The van der Waals surface area contributed by atoms with E-state index in [1.807, 2.05) is 0 Å². The average Bonchev–Trinajstić information content (AvgIpc) is 2.41. The highest BCUT2D eigenvalue weighted by Gasteiger charge is 2.21. The number of rotatable bonds is 4. The monoisotopic (exact) mass is 246 g/mol. The molecule has 0 radical (unpaired) electrons. The second-order valence-electron chi connectivity index (χ2n) is 5.31. The summed E-state index contributed by atoms with van der Waals surface area (Å²) >= 11 is 0. The molecule has 18 heavy (non-hydrogen) atoms. The smallest absolute Gasteiger partial charge is 0.100 e. The summed E-state index contributed by atoms with van der Waals surface area (Å²) in [5.74, 6) is 0.575. The standard InChI is InChI=1S/C17H23F/c1-2-3-4-5-14-6-8-15(9-7-14)16-10-12-17(18)13-11-16/h4-9,16-17H,2-3,10-13H2,1H3. The topological polar surface area (TPSA) is 0 Å². The van der Waals surface area contributed by atoms with E-state index in [2.05, 4.69) is 43.3 Å². The quantitative estimate of drug-likeness (QED) is 0.658. The molecule has 1 aromatic rings. The maximum Gasteiger partial charge on any atom is 0.100 e. The van der Waals surface area contributed by atoms with Gasteiger partial charge in [0.05, 0.1) is 0 Å². The molecule has 1 aromatic carbocycles. The zero-order valence-electron chi connectivity index (χ0n) is 11.2. The predicted molar refractivity (Wildman–Crippen MR) is 76.5 cm³/mol. The molecule has 1 saturated carbocycles. The van der Waals surface area contributed by atoms with Gasteiger partial charge >= 0.3 is 0 Å². The van der Waals surface area contributed by atoms with Crippen molar-refractivity contribution in [3.05, 3.63) is 41.5 Å². The van der Waals surface area contributed by atoms with E-state index >= 15 is 0 Å². The van der Waals surface area contributed by atoms with Crippen LogP contribution in [0.1, 0.15) is 62.5 Å². The molecule has 0 heterocycles. The van der Waals surface area contributed by atoms with E-state index in [0.717, 1.165) is 32.1 Å². The van der Waals surface area contributed by atoms with Gasteiger partial charge in [-0.05, 0) is 49.1 Å². The van der Waals surface area contributed by atoms with E-state index in [1.165, 1.54) is 17.5 Å². The Labute approximate surface area is 110 Å². The van der Waals surface area contributed by atoms with Gasteiger partial charge in [-0.2, -0.15) is 0 Å². The maximum atomic E-state index is 13.1. The first-order valence-electron chi connectivity index (χ1n) is 7.20. The van der Waals surface area contributed by atoms with E-state index < -0.39 is 6.17 Å². The number of alkyl halides is 1. The zero-order valence-corrected chi connectivity index (χ0v) is 11.2. The molecular formula is C17H23F.